The van der Waals surface area contributed by atoms with Crippen molar-refractivity contribution in [1.82, 2.24) is 9.80 Å². The van der Waals surface area contributed by atoms with Gasteiger partial charge >= 0.3 is 0 Å². The van der Waals surface area contributed by atoms with E-state index in [0.29, 0.717) is 0 Å². The second kappa shape index (κ2) is 14.4. The highest BCUT2D eigenvalue weighted by Gasteiger charge is 2.35. The molecule has 0 saturated carbocycles. The number of nitrogens with zero attached hydrogens (tertiary/aromatic N) is 2. The summed E-state index contributed by atoms with van der Waals surface area (Å²) in [4.78, 5) is 16.3. The molecule has 1 heterocycles. The zero-order valence-electron chi connectivity index (χ0n) is 19.3. The first kappa shape index (κ1) is 27.6. The molecule has 1 aliphatic heterocycles. The molecule has 0 N–H and O–H groups in total. The van der Waals surface area contributed by atoms with E-state index in [-0.39, 0.29) is 23.5 Å². The van der Waals surface area contributed by atoms with Crippen molar-refractivity contribution in [3.05, 3.63) is 0 Å². The van der Waals surface area contributed by atoms with Gasteiger partial charge in [0, 0.05) is 45.4 Å². The van der Waals surface area contributed by atoms with Crippen LogP contribution in [0.15, 0.2) is 0 Å². The van der Waals surface area contributed by atoms with E-state index in [1.165, 1.54) is 0 Å². The Morgan fingerprint density at radius 3 is 1.88 bits per heavy atom. The lowest BCUT2D eigenvalue weighted by atomic mass is 9.79. The molecule has 1 rings (SSSR count). The molecule has 0 aromatic rings. The minimum absolute atomic E-state index is 0.0941. The monoisotopic (exact) mass is 374 g/mol. The summed E-state index contributed by atoms with van der Waals surface area (Å²) in [6.45, 7) is 24.3. The lowest BCUT2D eigenvalue weighted by molar-refractivity contribution is -0.138. The van der Waals surface area contributed by atoms with Crippen LogP contribution in [0.5, 0.6) is 0 Å². The molecule has 0 spiro atoms. The Labute approximate surface area is 163 Å². The molecule has 0 atom stereocenters. The summed E-state index contributed by atoms with van der Waals surface area (Å²) in [5.41, 5.74) is 0.263. The van der Waals surface area contributed by atoms with E-state index in [1.807, 2.05) is 39.5 Å². The van der Waals surface area contributed by atoms with Crippen LogP contribution < -0.4 is 0 Å². The van der Waals surface area contributed by atoms with Crippen molar-refractivity contribution in [2.45, 2.75) is 74.3 Å². The third-order valence-corrected chi connectivity index (χ3v) is 4.36. The highest BCUT2D eigenvalue weighted by Crippen LogP contribution is 2.32. The van der Waals surface area contributed by atoms with E-state index in [4.69, 9.17) is 9.47 Å². The van der Waals surface area contributed by atoms with Crippen LogP contribution in [0.25, 0.3) is 0 Å². The minimum atomic E-state index is 0.0941. The summed E-state index contributed by atoms with van der Waals surface area (Å²) in [6.07, 6.45) is 1.08. The van der Waals surface area contributed by atoms with Gasteiger partial charge in [0.05, 0.1) is 6.61 Å². The smallest absolute Gasteiger partial charge is 0.248 e. The Morgan fingerprint density at radius 2 is 1.46 bits per heavy atom. The van der Waals surface area contributed by atoms with Crippen LogP contribution in [0.3, 0.4) is 0 Å². The Balaban J connectivity index is 0. The standard InChI is InChI=1S/C17H34N2O3.2C2H6/c1-7-22-14-16(2,3)13-17(4,5)19-10-8-18(9-11-19)15(20)12-21-6;2*1-2/h7-14H2,1-6H3;2*1-2H3. The van der Waals surface area contributed by atoms with Gasteiger partial charge in [-0.2, -0.15) is 0 Å². The summed E-state index contributed by atoms with van der Waals surface area (Å²) < 4.78 is 10.6. The summed E-state index contributed by atoms with van der Waals surface area (Å²) in [7, 11) is 1.57. The zero-order chi connectivity index (χ0) is 20.8. The van der Waals surface area contributed by atoms with Crippen molar-refractivity contribution < 1.29 is 14.3 Å². The number of amides is 1. The fourth-order valence-electron chi connectivity index (χ4n) is 3.49. The van der Waals surface area contributed by atoms with Crippen LogP contribution in [0.4, 0.5) is 0 Å². The second-order valence-corrected chi connectivity index (χ2v) is 7.59. The summed E-state index contributed by atoms with van der Waals surface area (Å²) >= 11 is 0. The lowest BCUT2D eigenvalue weighted by Crippen LogP contribution is -2.57. The molecule has 0 bridgehead atoms. The van der Waals surface area contributed by atoms with Gasteiger partial charge in [-0.25, -0.2) is 0 Å². The number of methoxy groups -OCH3 is 1. The van der Waals surface area contributed by atoms with Crippen LogP contribution >= 0.6 is 0 Å². The minimum Gasteiger partial charge on any atom is -0.381 e. The number of piperazine rings is 1. The van der Waals surface area contributed by atoms with Crippen LogP contribution in [-0.4, -0.2) is 74.4 Å². The van der Waals surface area contributed by atoms with E-state index >= 15 is 0 Å². The number of ether oxygens (including phenoxy) is 2. The summed E-state index contributed by atoms with van der Waals surface area (Å²) in [5, 5.41) is 0. The van der Waals surface area contributed by atoms with Gasteiger partial charge in [0.15, 0.2) is 0 Å². The summed E-state index contributed by atoms with van der Waals surface area (Å²) in [6, 6.07) is 0. The van der Waals surface area contributed by atoms with Gasteiger partial charge in [-0.15, -0.1) is 0 Å². The number of rotatable bonds is 8. The number of carbonyl (C=O) groups excluding carboxylic acids is 1. The van der Waals surface area contributed by atoms with Crippen molar-refractivity contribution in [2.24, 2.45) is 5.41 Å². The van der Waals surface area contributed by atoms with Crippen LogP contribution in [-0.2, 0) is 14.3 Å². The van der Waals surface area contributed by atoms with Gasteiger partial charge in [0.25, 0.3) is 0 Å². The van der Waals surface area contributed by atoms with E-state index in [1.54, 1.807) is 7.11 Å². The third kappa shape index (κ3) is 10.5. The Morgan fingerprint density at radius 1 is 0.962 bits per heavy atom. The molecule has 1 amide bonds. The molecule has 158 valence electrons. The van der Waals surface area contributed by atoms with E-state index in [0.717, 1.165) is 45.8 Å². The first-order valence-corrected chi connectivity index (χ1v) is 10.3. The van der Waals surface area contributed by atoms with Crippen molar-refractivity contribution in [3.8, 4) is 0 Å². The molecule has 5 nitrogen and oxygen atoms in total. The van der Waals surface area contributed by atoms with Gasteiger partial charge in [-0.05, 0) is 32.6 Å². The number of carbonyl (C=O) groups is 1. The Hall–Kier alpha value is -0.650. The van der Waals surface area contributed by atoms with Gasteiger partial charge < -0.3 is 14.4 Å². The molecule has 5 heteroatoms. The average Bonchev–Trinajstić information content (AvgIpc) is 2.63. The molecule has 0 aromatic carbocycles. The molecular weight excluding hydrogens is 328 g/mol. The third-order valence-electron chi connectivity index (χ3n) is 4.36. The Kier molecular flexibility index (Phi) is 15.3. The normalized spacial score (nSPS) is 15.5. The van der Waals surface area contributed by atoms with E-state index in [2.05, 4.69) is 32.6 Å². The maximum absolute atomic E-state index is 11.9. The molecule has 26 heavy (non-hydrogen) atoms. The highest BCUT2D eigenvalue weighted by molar-refractivity contribution is 5.77. The number of hydrogen-bond acceptors (Lipinski definition) is 4. The molecule has 0 aliphatic carbocycles. The molecule has 0 aromatic heterocycles. The van der Waals surface area contributed by atoms with E-state index in [9.17, 15) is 4.79 Å². The van der Waals surface area contributed by atoms with Gasteiger partial charge in [-0.3, -0.25) is 9.69 Å². The lowest BCUT2D eigenvalue weighted by Gasteiger charge is -2.47. The van der Waals surface area contributed by atoms with Crippen molar-refractivity contribution in [2.75, 3.05) is 53.1 Å². The average molecular weight is 375 g/mol. The maximum Gasteiger partial charge on any atom is 0.248 e. The first-order valence-electron chi connectivity index (χ1n) is 10.3. The van der Waals surface area contributed by atoms with Crippen molar-refractivity contribution in [1.29, 1.82) is 0 Å². The zero-order valence-corrected chi connectivity index (χ0v) is 19.3. The molecule has 0 unspecified atom stereocenters. The molecular formula is C21H46N2O3. The molecule has 0 radical (unpaired) electrons. The molecule has 1 saturated heterocycles. The topological polar surface area (TPSA) is 42.0 Å². The predicted octanol–water partition coefficient (Wildman–Crippen LogP) is 4.06. The maximum atomic E-state index is 11.9. The SMILES string of the molecule is CC.CC.CCOCC(C)(C)CC(C)(C)N1CCN(C(=O)COC)CC1. The van der Waals surface area contributed by atoms with Crippen LogP contribution in [0, 0.1) is 5.41 Å². The van der Waals surface area contributed by atoms with Crippen molar-refractivity contribution in [3.63, 3.8) is 0 Å². The fraction of sp³-hybridized carbons (Fsp3) is 0.952. The quantitative estimate of drug-likeness (QED) is 0.642. The van der Waals surface area contributed by atoms with Crippen LogP contribution in [0.1, 0.15) is 68.7 Å². The van der Waals surface area contributed by atoms with Crippen molar-refractivity contribution >= 4 is 5.91 Å². The largest absolute Gasteiger partial charge is 0.381 e. The molecule has 1 fully saturated rings. The second-order valence-electron chi connectivity index (χ2n) is 7.59. The Bertz CT molecular complexity index is 349. The summed E-state index contributed by atoms with van der Waals surface area (Å²) in [5.74, 6) is 0.0941. The molecule has 1 aliphatic rings. The first-order chi connectivity index (χ1) is 12.2. The fourth-order valence-corrected chi connectivity index (χ4v) is 3.49. The van der Waals surface area contributed by atoms with Gasteiger partial charge in [0.2, 0.25) is 5.91 Å². The number of hydrogen-bond donors (Lipinski definition) is 0. The van der Waals surface area contributed by atoms with Gasteiger partial charge in [0.1, 0.15) is 6.61 Å². The van der Waals surface area contributed by atoms with Gasteiger partial charge in [-0.1, -0.05) is 41.5 Å². The van der Waals surface area contributed by atoms with E-state index < -0.39 is 0 Å². The predicted molar refractivity (Wildman–Crippen MR) is 112 cm³/mol. The highest BCUT2D eigenvalue weighted by atomic mass is 16.5. The van der Waals surface area contributed by atoms with Crippen LogP contribution in [0.2, 0.25) is 0 Å².